The monoisotopic (exact) mass is 241 g/mol. The third kappa shape index (κ3) is 5.92. The normalized spacial score (nSPS) is 13.9. The number of nitrogens with zero attached hydrogens (tertiary/aromatic N) is 1. The fourth-order valence-corrected chi connectivity index (χ4v) is 1.29. The van der Waals surface area contributed by atoms with E-state index in [1.54, 1.807) is 6.92 Å². The van der Waals surface area contributed by atoms with Crippen molar-refractivity contribution >= 4 is 5.91 Å². The van der Waals surface area contributed by atoms with Gasteiger partial charge in [0.25, 0.3) is 0 Å². The largest absolute Gasteiger partial charge is 0.401 e. The second-order valence-electron chi connectivity index (χ2n) is 3.44. The van der Waals surface area contributed by atoms with E-state index in [2.05, 4.69) is 5.32 Å². The van der Waals surface area contributed by atoms with Crippen LogP contribution in [0.25, 0.3) is 0 Å². The van der Waals surface area contributed by atoms with Crippen LogP contribution in [-0.2, 0) is 4.79 Å². The Morgan fingerprint density at radius 2 is 2.06 bits per heavy atom. The van der Waals surface area contributed by atoms with Gasteiger partial charge in [-0.15, -0.1) is 0 Å². The maximum absolute atomic E-state index is 12.2. The molecule has 96 valence electrons. The van der Waals surface area contributed by atoms with E-state index in [0.717, 1.165) is 4.90 Å². The molecular formula is C9H18F3N3O. The van der Waals surface area contributed by atoms with E-state index < -0.39 is 24.7 Å². The molecule has 16 heavy (non-hydrogen) atoms. The molecule has 0 rings (SSSR count). The Hall–Kier alpha value is -0.820. The van der Waals surface area contributed by atoms with Crippen molar-refractivity contribution in [1.29, 1.82) is 0 Å². The van der Waals surface area contributed by atoms with Crippen molar-refractivity contribution in [2.45, 2.75) is 26.1 Å². The summed E-state index contributed by atoms with van der Waals surface area (Å²) >= 11 is 0. The lowest BCUT2D eigenvalue weighted by Crippen LogP contribution is -2.50. The summed E-state index contributed by atoms with van der Waals surface area (Å²) in [7, 11) is 0. The molecule has 0 saturated carbocycles. The van der Waals surface area contributed by atoms with E-state index in [-0.39, 0.29) is 13.1 Å². The van der Waals surface area contributed by atoms with Gasteiger partial charge in [0.1, 0.15) is 0 Å². The molecule has 3 N–H and O–H groups in total. The Labute approximate surface area is 93.0 Å². The maximum Gasteiger partial charge on any atom is 0.401 e. The van der Waals surface area contributed by atoms with Crippen molar-refractivity contribution in [3.05, 3.63) is 0 Å². The molecule has 0 radical (unpaired) electrons. The van der Waals surface area contributed by atoms with Crippen LogP contribution in [0.5, 0.6) is 0 Å². The second kappa shape index (κ2) is 6.70. The average Bonchev–Trinajstić information content (AvgIpc) is 2.14. The van der Waals surface area contributed by atoms with Crippen LogP contribution >= 0.6 is 0 Å². The summed E-state index contributed by atoms with van der Waals surface area (Å²) in [6.07, 6.45) is -4.32. The van der Waals surface area contributed by atoms with Gasteiger partial charge < -0.3 is 11.1 Å². The minimum absolute atomic E-state index is 0.0395. The Morgan fingerprint density at radius 3 is 2.44 bits per heavy atom. The summed E-state index contributed by atoms with van der Waals surface area (Å²) in [6, 6.07) is -0.829. The molecular weight excluding hydrogens is 223 g/mol. The Morgan fingerprint density at radius 1 is 1.50 bits per heavy atom. The van der Waals surface area contributed by atoms with Crippen molar-refractivity contribution < 1.29 is 18.0 Å². The Balaban J connectivity index is 4.45. The number of alkyl halides is 3. The first-order valence-electron chi connectivity index (χ1n) is 5.10. The van der Waals surface area contributed by atoms with Gasteiger partial charge in [-0.1, -0.05) is 0 Å². The summed E-state index contributed by atoms with van der Waals surface area (Å²) in [5.74, 6) is -0.416. The van der Waals surface area contributed by atoms with Crippen molar-refractivity contribution in [3.63, 3.8) is 0 Å². The number of amides is 1. The van der Waals surface area contributed by atoms with Gasteiger partial charge >= 0.3 is 6.18 Å². The van der Waals surface area contributed by atoms with Crippen LogP contribution in [0, 0.1) is 0 Å². The first-order chi connectivity index (χ1) is 7.31. The van der Waals surface area contributed by atoms with Gasteiger partial charge in [0.2, 0.25) is 5.91 Å². The van der Waals surface area contributed by atoms with Crippen LogP contribution in [0.15, 0.2) is 0 Å². The molecule has 4 nitrogen and oxygen atoms in total. The molecule has 0 fully saturated rings. The summed E-state index contributed by atoms with van der Waals surface area (Å²) in [6.45, 7) is 2.54. The summed E-state index contributed by atoms with van der Waals surface area (Å²) < 4.78 is 36.7. The lowest BCUT2D eigenvalue weighted by atomic mass is 10.2. The number of carbonyl (C=O) groups is 1. The Kier molecular flexibility index (Phi) is 6.35. The zero-order valence-corrected chi connectivity index (χ0v) is 9.47. The lowest BCUT2D eigenvalue weighted by Gasteiger charge is -2.28. The number of nitrogens with two attached hydrogens (primary N) is 1. The van der Waals surface area contributed by atoms with Crippen LogP contribution in [0.4, 0.5) is 13.2 Å². The number of nitrogens with one attached hydrogen (secondary N) is 1. The fraction of sp³-hybridized carbons (Fsp3) is 0.889. The van der Waals surface area contributed by atoms with Crippen LogP contribution in [0.2, 0.25) is 0 Å². The molecule has 0 spiro atoms. The zero-order chi connectivity index (χ0) is 12.8. The van der Waals surface area contributed by atoms with Gasteiger partial charge in [-0.2, -0.15) is 13.2 Å². The van der Waals surface area contributed by atoms with Crippen molar-refractivity contribution in [3.8, 4) is 0 Å². The molecule has 7 heteroatoms. The van der Waals surface area contributed by atoms with Crippen molar-refractivity contribution in [2.75, 3.05) is 26.2 Å². The van der Waals surface area contributed by atoms with Gasteiger partial charge in [0.15, 0.2) is 0 Å². The first-order valence-corrected chi connectivity index (χ1v) is 5.10. The maximum atomic E-state index is 12.2. The molecule has 1 atom stereocenters. The minimum Gasteiger partial charge on any atom is -0.355 e. The highest BCUT2D eigenvalue weighted by atomic mass is 19.4. The quantitative estimate of drug-likeness (QED) is 0.704. The molecule has 0 aliphatic rings. The van der Waals surface area contributed by atoms with Crippen LogP contribution in [0.3, 0.4) is 0 Å². The molecule has 0 heterocycles. The third-order valence-corrected chi connectivity index (χ3v) is 2.08. The van der Waals surface area contributed by atoms with Crippen molar-refractivity contribution in [2.24, 2.45) is 5.73 Å². The molecule has 1 amide bonds. The SMILES string of the molecule is CCNC(=O)C(C)N(CCN)CC(F)(F)F. The molecule has 0 aliphatic carbocycles. The van der Waals surface area contributed by atoms with Crippen LogP contribution in [0.1, 0.15) is 13.8 Å². The molecule has 1 unspecified atom stereocenters. The number of hydrogen-bond donors (Lipinski definition) is 2. The third-order valence-electron chi connectivity index (χ3n) is 2.08. The smallest absolute Gasteiger partial charge is 0.355 e. The van der Waals surface area contributed by atoms with Gasteiger partial charge in [-0.05, 0) is 13.8 Å². The molecule has 0 aromatic carbocycles. The first kappa shape index (κ1) is 15.2. The second-order valence-corrected chi connectivity index (χ2v) is 3.44. The van der Waals surface area contributed by atoms with Crippen molar-refractivity contribution in [1.82, 2.24) is 10.2 Å². The number of rotatable bonds is 6. The topological polar surface area (TPSA) is 58.4 Å². The van der Waals surface area contributed by atoms with E-state index in [1.807, 2.05) is 0 Å². The van der Waals surface area contributed by atoms with Crippen LogP contribution < -0.4 is 11.1 Å². The van der Waals surface area contributed by atoms with E-state index in [9.17, 15) is 18.0 Å². The van der Waals surface area contributed by atoms with Crippen LogP contribution in [-0.4, -0.2) is 49.2 Å². The molecule has 0 aliphatic heterocycles. The predicted octanol–water partition coefficient (Wildman–Crippen LogP) is 0.334. The molecule has 0 saturated heterocycles. The number of halogens is 3. The number of hydrogen-bond acceptors (Lipinski definition) is 3. The van der Waals surface area contributed by atoms with E-state index in [0.29, 0.717) is 6.54 Å². The fourth-order valence-electron chi connectivity index (χ4n) is 1.29. The summed E-state index contributed by atoms with van der Waals surface area (Å²) in [5, 5.41) is 2.48. The molecule has 0 bridgehead atoms. The van der Waals surface area contributed by atoms with Gasteiger partial charge in [-0.3, -0.25) is 9.69 Å². The van der Waals surface area contributed by atoms with Gasteiger partial charge in [0.05, 0.1) is 12.6 Å². The molecule has 0 aromatic rings. The zero-order valence-electron chi connectivity index (χ0n) is 9.47. The highest BCUT2D eigenvalue weighted by Gasteiger charge is 2.34. The summed E-state index contributed by atoms with van der Waals surface area (Å²) in [4.78, 5) is 12.4. The highest BCUT2D eigenvalue weighted by molar-refractivity contribution is 5.81. The standard InChI is InChI=1S/C9H18F3N3O/c1-3-14-8(16)7(2)15(5-4-13)6-9(10,11)12/h7H,3-6,13H2,1-2H3,(H,14,16). The predicted molar refractivity (Wildman–Crippen MR) is 54.8 cm³/mol. The summed E-state index contributed by atoms with van der Waals surface area (Å²) in [5.41, 5.74) is 5.22. The minimum atomic E-state index is -4.32. The number of carbonyl (C=O) groups excluding carboxylic acids is 1. The van der Waals surface area contributed by atoms with E-state index in [4.69, 9.17) is 5.73 Å². The van der Waals surface area contributed by atoms with Gasteiger partial charge in [0, 0.05) is 19.6 Å². The Bertz CT molecular complexity index is 221. The number of likely N-dealkylation sites (N-methyl/N-ethyl adjacent to an activating group) is 1. The van der Waals surface area contributed by atoms with E-state index >= 15 is 0 Å². The highest BCUT2D eigenvalue weighted by Crippen LogP contribution is 2.17. The average molecular weight is 241 g/mol. The van der Waals surface area contributed by atoms with Gasteiger partial charge in [-0.25, -0.2) is 0 Å². The molecule has 0 aromatic heterocycles. The lowest BCUT2D eigenvalue weighted by molar-refractivity contribution is -0.154. The van der Waals surface area contributed by atoms with E-state index in [1.165, 1.54) is 6.92 Å².